The minimum Gasteiger partial charge on any atom is -0.334 e. The number of fused-ring (bicyclic) bond motifs is 1. The second kappa shape index (κ2) is 6.45. The lowest BCUT2D eigenvalue weighted by atomic mass is 10.2. The Bertz CT molecular complexity index is 1030. The van der Waals surface area contributed by atoms with Crippen molar-refractivity contribution >= 4 is 21.8 Å². The zero-order valence-corrected chi connectivity index (χ0v) is 15.2. The van der Waals surface area contributed by atoms with Crippen molar-refractivity contribution in [3.63, 3.8) is 0 Å². The minimum atomic E-state index is -4.05. The number of carbonyl (C=O) groups is 2. The summed E-state index contributed by atoms with van der Waals surface area (Å²) in [6.45, 7) is -0.536. The number of hydrogen-bond acceptors (Lipinski definition) is 4. The number of carbonyl (C=O) groups excluding carboxylic acids is 2. The van der Waals surface area contributed by atoms with Crippen LogP contribution in [-0.2, 0) is 21.4 Å². The highest BCUT2D eigenvalue weighted by Gasteiger charge is 2.43. The van der Waals surface area contributed by atoms with Crippen molar-refractivity contribution in [3.05, 3.63) is 65.5 Å². The van der Waals surface area contributed by atoms with Crippen LogP contribution in [0.25, 0.3) is 0 Å². The first-order chi connectivity index (χ1) is 12.9. The van der Waals surface area contributed by atoms with Gasteiger partial charge in [0.05, 0.1) is 5.56 Å². The molecule has 0 saturated heterocycles. The normalized spacial score (nSPS) is 17.7. The predicted molar refractivity (Wildman–Crippen MR) is 94.6 cm³/mol. The van der Waals surface area contributed by atoms with Crippen LogP contribution in [0.15, 0.2) is 53.4 Å². The average molecular weight is 388 g/mol. The lowest BCUT2D eigenvalue weighted by Gasteiger charge is -2.25. The summed E-state index contributed by atoms with van der Waals surface area (Å²) >= 11 is 0. The number of benzene rings is 2. The molecule has 1 saturated carbocycles. The van der Waals surface area contributed by atoms with Crippen molar-refractivity contribution in [2.45, 2.75) is 30.3 Å². The molecule has 2 amide bonds. The summed E-state index contributed by atoms with van der Waals surface area (Å²) in [5.41, 5.74) is 0.425. The van der Waals surface area contributed by atoms with Crippen LogP contribution in [0.3, 0.4) is 0 Å². The maximum atomic E-state index is 14.0. The van der Waals surface area contributed by atoms with Crippen LogP contribution in [-0.4, -0.2) is 42.0 Å². The molecule has 0 aromatic heterocycles. The van der Waals surface area contributed by atoms with Gasteiger partial charge in [-0.1, -0.05) is 30.3 Å². The third kappa shape index (κ3) is 3.10. The molecule has 0 N–H and O–H groups in total. The van der Waals surface area contributed by atoms with Crippen LogP contribution in [0.2, 0.25) is 0 Å². The van der Waals surface area contributed by atoms with Gasteiger partial charge in [0.2, 0.25) is 5.91 Å². The largest absolute Gasteiger partial charge is 0.334 e. The monoisotopic (exact) mass is 388 g/mol. The Morgan fingerprint density at radius 2 is 1.78 bits per heavy atom. The molecule has 27 heavy (non-hydrogen) atoms. The van der Waals surface area contributed by atoms with E-state index in [0.717, 1.165) is 12.8 Å². The van der Waals surface area contributed by atoms with Gasteiger partial charge in [-0.3, -0.25) is 9.59 Å². The molecule has 0 bridgehead atoms. The van der Waals surface area contributed by atoms with Crippen LogP contribution < -0.4 is 0 Å². The number of nitrogens with zero attached hydrogens (tertiary/aromatic N) is 2. The quantitative estimate of drug-likeness (QED) is 0.787. The summed E-state index contributed by atoms with van der Waals surface area (Å²) in [6, 6.07) is 12.0. The second-order valence-electron chi connectivity index (χ2n) is 6.66. The standard InChI is InChI=1S/C19H17FN2O4S/c20-16-7-3-1-5-13(16)11-21(14-9-10-14)18(23)12-22-19(24)15-6-2-4-8-17(15)27(22,25)26/h1-8,14H,9-12H2. The second-order valence-corrected chi connectivity index (χ2v) is 8.49. The van der Waals surface area contributed by atoms with Crippen LogP contribution in [0, 0.1) is 5.82 Å². The van der Waals surface area contributed by atoms with E-state index in [9.17, 15) is 22.4 Å². The number of amides is 2. The predicted octanol–water partition coefficient (Wildman–Crippen LogP) is 2.16. The number of rotatable bonds is 5. The first-order valence-electron chi connectivity index (χ1n) is 8.58. The molecule has 8 heteroatoms. The Balaban J connectivity index is 1.57. The van der Waals surface area contributed by atoms with Crippen LogP contribution in [0.5, 0.6) is 0 Å². The van der Waals surface area contributed by atoms with E-state index in [0.29, 0.717) is 9.87 Å². The summed E-state index contributed by atoms with van der Waals surface area (Å²) in [6.07, 6.45) is 1.56. The summed E-state index contributed by atoms with van der Waals surface area (Å²) < 4.78 is 39.8. The fraction of sp³-hybridized carbons (Fsp3) is 0.263. The molecule has 0 spiro atoms. The maximum absolute atomic E-state index is 14.0. The molecule has 2 aliphatic rings. The van der Waals surface area contributed by atoms with Gasteiger partial charge in [0.15, 0.2) is 0 Å². The van der Waals surface area contributed by atoms with Gasteiger partial charge in [0.25, 0.3) is 15.9 Å². The summed E-state index contributed by atoms with van der Waals surface area (Å²) in [5, 5.41) is 0. The van der Waals surface area contributed by atoms with Gasteiger partial charge < -0.3 is 4.90 Å². The van der Waals surface area contributed by atoms with E-state index in [1.165, 1.54) is 29.2 Å². The Labute approximate surface area is 156 Å². The van der Waals surface area contributed by atoms with Crippen molar-refractivity contribution in [3.8, 4) is 0 Å². The molecule has 2 aromatic carbocycles. The summed E-state index contributed by atoms with van der Waals surface area (Å²) in [4.78, 5) is 26.7. The minimum absolute atomic E-state index is 0.0468. The molecule has 140 valence electrons. The highest BCUT2D eigenvalue weighted by molar-refractivity contribution is 7.90. The number of halogens is 1. The molecule has 0 radical (unpaired) electrons. The van der Waals surface area contributed by atoms with Crippen molar-refractivity contribution in [2.24, 2.45) is 0 Å². The third-order valence-corrected chi connectivity index (χ3v) is 6.58. The van der Waals surface area contributed by atoms with Crippen LogP contribution in [0.1, 0.15) is 28.8 Å². The average Bonchev–Trinajstić information content (AvgIpc) is 3.47. The molecule has 4 rings (SSSR count). The van der Waals surface area contributed by atoms with Gasteiger partial charge >= 0.3 is 0 Å². The van der Waals surface area contributed by atoms with Crippen LogP contribution >= 0.6 is 0 Å². The van der Waals surface area contributed by atoms with Gasteiger partial charge in [-0.2, -0.15) is 0 Å². The lowest BCUT2D eigenvalue weighted by molar-refractivity contribution is -0.132. The molecular weight excluding hydrogens is 371 g/mol. The zero-order chi connectivity index (χ0) is 19.2. The third-order valence-electron chi connectivity index (χ3n) is 4.80. The van der Waals surface area contributed by atoms with Crippen LogP contribution in [0.4, 0.5) is 4.39 Å². The Hall–Kier alpha value is -2.74. The number of sulfonamides is 1. The van der Waals surface area contributed by atoms with Gasteiger partial charge in [-0.25, -0.2) is 17.1 Å². The van der Waals surface area contributed by atoms with Crippen molar-refractivity contribution in [2.75, 3.05) is 6.54 Å². The zero-order valence-electron chi connectivity index (χ0n) is 14.3. The van der Waals surface area contributed by atoms with Gasteiger partial charge in [0, 0.05) is 18.2 Å². The van der Waals surface area contributed by atoms with E-state index in [2.05, 4.69) is 0 Å². The van der Waals surface area contributed by atoms with E-state index < -0.39 is 34.2 Å². The Morgan fingerprint density at radius 1 is 1.11 bits per heavy atom. The lowest BCUT2D eigenvalue weighted by Crippen LogP contribution is -2.43. The Morgan fingerprint density at radius 3 is 2.44 bits per heavy atom. The van der Waals surface area contributed by atoms with Crippen molar-refractivity contribution in [1.82, 2.24) is 9.21 Å². The molecule has 6 nitrogen and oxygen atoms in total. The maximum Gasteiger partial charge on any atom is 0.269 e. The van der Waals surface area contributed by atoms with Gasteiger partial charge in [-0.05, 0) is 31.0 Å². The van der Waals surface area contributed by atoms with Crippen molar-refractivity contribution < 1.29 is 22.4 Å². The number of hydrogen-bond donors (Lipinski definition) is 0. The SMILES string of the molecule is O=C(CN1C(=O)c2ccccc2S1(=O)=O)N(Cc1ccccc1F)C1CC1. The highest BCUT2D eigenvalue weighted by atomic mass is 32.2. The fourth-order valence-corrected chi connectivity index (χ4v) is 4.74. The molecule has 0 unspecified atom stereocenters. The van der Waals surface area contributed by atoms with E-state index >= 15 is 0 Å². The van der Waals surface area contributed by atoms with Gasteiger partial charge in [-0.15, -0.1) is 0 Å². The molecule has 1 fully saturated rings. The summed E-state index contributed by atoms with van der Waals surface area (Å²) in [7, 11) is -4.05. The smallest absolute Gasteiger partial charge is 0.269 e. The first-order valence-corrected chi connectivity index (χ1v) is 10.0. The first kappa shape index (κ1) is 17.7. The molecule has 0 atom stereocenters. The van der Waals surface area contributed by atoms with Gasteiger partial charge in [0.1, 0.15) is 17.3 Å². The Kier molecular flexibility index (Phi) is 4.22. The molecule has 1 aliphatic carbocycles. The molecule has 2 aromatic rings. The molecule has 1 heterocycles. The van der Waals surface area contributed by atoms with E-state index in [1.807, 2.05) is 0 Å². The summed E-state index contributed by atoms with van der Waals surface area (Å²) in [5.74, 6) is -1.64. The van der Waals surface area contributed by atoms with E-state index in [-0.39, 0.29) is 23.0 Å². The van der Waals surface area contributed by atoms with E-state index in [4.69, 9.17) is 0 Å². The van der Waals surface area contributed by atoms with Crippen molar-refractivity contribution in [1.29, 1.82) is 0 Å². The molecule has 1 aliphatic heterocycles. The van der Waals surface area contributed by atoms with E-state index in [1.54, 1.807) is 24.3 Å². The topological polar surface area (TPSA) is 74.8 Å². The fourth-order valence-electron chi connectivity index (χ4n) is 3.22. The highest BCUT2D eigenvalue weighted by Crippen LogP contribution is 2.32. The molecular formula is C19H17FN2O4S.